The first-order valence-electron chi connectivity index (χ1n) is 10.1. The van der Waals surface area contributed by atoms with Crippen LogP contribution >= 0.6 is 35.3 Å². The standard InChI is InChI=1S/C22H22N4O3S3/c1-3-14(2)23-17(27)13-31-21-24-19-18(20(28)26(21)15-8-5-4-6-9-15)32-22(30)25(19)12-16-10-7-11-29-16/h4-11,14H,3,12-13H2,1-2H3,(H,23,27)/t14-/m1/s1. The summed E-state index contributed by atoms with van der Waals surface area (Å²) < 4.78 is 9.82. The fourth-order valence-corrected chi connectivity index (χ4v) is 5.20. The third-order valence-electron chi connectivity index (χ3n) is 4.92. The Balaban J connectivity index is 1.80. The highest BCUT2D eigenvalue weighted by Gasteiger charge is 2.19. The molecule has 4 aromatic rings. The van der Waals surface area contributed by atoms with Crippen molar-refractivity contribution in [3.63, 3.8) is 0 Å². The predicted molar refractivity (Wildman–Crippen MR) is 130 cm³/mol. The van der Waals surface area contributed by atoms with Crippen molar-refractivity contribution >= 4 is 51.6 Å². The topological polar surface area (TPSA) is 82.1 Å². The first-order chi connectivity index (χ1) is 15.5. The van der Waals surface area contributed by atoms with Crippen molar-refractivity contribution in [2.75, 3.05) is 5.75 Å². The van der Waals surface area contributed by atoms with Crippen LogP contribution in [0, 0.1) is 3.95 Å². The molecule has 0 fully saturated rings. The van der Waals surface area contributed by atoms with Gasteiger partial charge in [-0.2, -0.15) is 0 Å². The normalized spacial score (nSPS) is 12.2. The zero-order valence-electron chi connectivity index (χ0n) is 17.6. The van der Waals surface area contributed by atoms with Gasteiger partial charge < -0.3 is 9.73 Å². The van der Waals surface area contributed by atoms with Gasteiger partial charge in [0, 0.05) is 6.04 Å². The number of amides is 1. The number of para-hydroxylation sites is 1. The molecule has 0 radical (unpaired) electrons. The molecule has 0 aliphatic carbocycles. The number of nitrogens with zero attached hydrogens (tertiary/aromatic N) is 3. The van der Waals surface area contributed by atoms with Gasteiger partial charge in [0.2, 0.25) is 5.91 Å². The van der Waals surface area contributed by atoms with Crippen LogP contribution in [-0.2, 0) is 11.3 Å². The van der Waals surface area contributed by atoms with Crippen LogP contribution in [0.15, 0.2) is 63.1 Å². The van der Waals surface area contributed by atoms with Crippen molar-refractivity contribution in [3.8, 4) is 5.69 Å². The monoisotopic (exact) mass is 486 g/mol. The predicted octanol–water partition coefficient (Wildman–Crippen LogP) is 4.63. The number of aromatic nitrogens is 3. The zero-order chi connectivity index (χ0) is 22.7. The minimum absolute atomic E-state index is 0.0879. The number of thioether (sulfide) groups is 1. The molecule has 7 nitrogen and oxygen atoms in total. The highest BCUT2D eigenvalue weighted by atomic mass is 32.2. The second-order valence-corrected chi connectivity index (χ2v) is 9.81. The van der Waals surface area contributed by atoms with E-state index in [4.69, 9.17) is 21.6 Å². The van der Waals surface area contributed by atoms with Crippen LogP contribution in [-0.4, -0.2) is 31.8 Å². The summed E-state index contributed by atoms with van der Waals surface area (Å²) in [5.41, 5.74) is 0.979. The number of furan rings is 1. The van der Waals surface area contributed by atoms with Crippen LogP contribution < -0.4 is 10.9 Å². The third kappa shape index (κ3) is 4.72. The Morgan fingerprint density at radius 1 is 1.28 bits per heavy atom. The van der Waals surface area contributed by atoms with Gasteiger partial charge in [-0.3, -0.25) is 18.7 Å². The Hall–Kier alpha value is -2.69. The van der Waals surface area contributed by atoms with Crippen LogP contribution in [0.5, 0.6) is 0 Å². The van der Waals surface area contributed by atoms with Crippen molar-refractivity contribution in [1.29, 1.82) is 0 Å². The van der Waals surface area contributed by atoms with Gasteiger partial charge in [-0.05, 0) is 49.8 Å². The molecule has 1 amide bonds. The summed E-state index contributed by atoms with van der Waals surface area (Å²) in [5, 5.41) is 3.39. The molecule has 1 aromatic carbocycles. The Labute approximate surface area is 198 Å². The fourth-order valence-electron chi connectivity index (χ4n) is 3.12. The summed E-state index contributed by atoms with van der Waals surface area (Å²) in [6.07, 6.45) is 2.44. The maximum atomic E-state index is 13.5. The lowest BCUT2D eigenvalue weighted by Crippen LogP contribution is -2.33. The average Bonchev–Trinajstić information content (AvgIpc) is 3.42. The highest BCUT2D eigenvalue weighted by molar-refractivity contribution is 7.99. The molecule has 0 saturated carbocycles. The first kappa shape index (κ1) is 22.5. The number of hydrogen-bond acceptors (Lipinski definition) is 7. The van der Waals surface area contributed by atoms with Crippen molar-refractivity contribution < 1.29 is 9.21 Å². The Kier molecular flexibility index (Phi) is 6.92. The van der Waals surface area contributed by atoms with Crippen LogP contribution in [0.25, 0.3) is 16.0 Å². The van der Waals surface area contributed by atoms with Gasteiger partial charge >= 0.3 is 0 Å². The van der Waals surface area contributed by atoms with Crippen molar-refractivity contribution in [2.24, 2.45) is 0 Å². The summed E-state index contributed by atoms with van der Waals surface area (Å²) >= 11 is 8.00. The second-order valence-electron chi connectivity index (χ2n) is 7.22. The number of carbonyl (C=O) groups is 1. The van der Waals surface area contributed by atoms with Crippen LogP contribution in [0.2, 0.25) is 0 Å². The molecule has 3 heterocycles. The quantitative estimate of drug-likeness (QED) is 0.222. The Bertz CT molecular complexity index is 1340. The number of benzene rings is 1. The van der Waals surface area contributed by atoms with Crippen LogP contribution in [0.1, 0.15) is 26.0 Å². The summed E-state index contributed by atoms with van der Waals surface area (Å²) in [6, 6.07) is 13.0. The molecule has 32 heavy (non-hydrogen) atoms. The fraction of sp³-hybridized carbons (Fsp3) is 0.273. The molecular weight excluding hydrogens is 464 g/mol. The second kappa shape index (κ2) is 9.85. The molecule has 0 aliphatic rings. The van der Waals surface area contributed by atoms with Gasteiger partial charge in [-0.25, -0.2) is 4.98 Å². The van der Waals surface area contributed by atoms with E-state index in [9.17, 15) is 9.59 Å². The van der Waals surface area contributed by atoms with E-state index >= 15 is 0 Å². The molecular formula is C22H22N4O3S3. The summed E-state index contributed by atoms with van der Waals surface area (Å²) in [4.78, 5) is 30.7. The number of thiazole rings is 1. The molecule has 0 unspecified atom stereocenters. The van der Waals surface area contributed by atoms with Crippen LogP contribution in [0.4, 0.5) is 0 Å². The van der Waals surface area contributed by atoms with E-state index in [0.29, 0.717) is 31.7 Å². The van der Waals surface area contributed by atoms with Gasteiger partial charge in [-0.15, -0.1) is 0 Å². The number of nitrogens with one attached hydrogen (secondary N) is 1. The average molecular weight is 487 g/mol. The van der Waals surface area contributed by atoms with E-state index in [1.807, 2.05) is 50.2 Å². The number of carbonyl (C=O) groups excluding carboxylic acids is 1. The lowest BCUT2D eigenvalue weighted by molar-refractivity contribution is -0.119. The molecule has 166 valence electrons. The van der Waals surface area contributed by atoms with Gasteiger partial charge in [0.1, 0.15) is 10.5 Å². The summed E-state index contributed by atoms with van der Waals surface area (Å²) in [6.45, 7) is 4.36. The van der Waals surface area contributed by atoms with E-state index in [1.54, 1.807) is 21.5 Å². The van der Waals surface area contributed by atoms with E-state index < -0.39 is 0 Å². The molecule has 10 heteroatoms. The SMILES string of the molecule is CC[C@@H](C)NC(=O)CSc1nc2c(sc(=S)n2Cc2ccco2)c(=O)n1-c1ccccc1. The molecule has 0 spiro atoms. The number of hydrogen-bond donors (Lipinski definition) is 1. The molecule has 0 aliphatic heterocycles. The molecule has 1 atom stereocenters. The zero-order valence-corrected chi connectivity index (χ0v) is 20.1. The maximum absolute atomic E-state index is 13.5. The van der Waals surface area contributed by atoms with E-state index in [2.05, 4.69) is 5.32 Å². The van der Waals surface area contributed by atoms with E-state index in [0.717, 1.165) is 12.2 Å². The summed E-state index contributed by atoms with van der Waals surface area (Å²) in [5.74, 6) is 0.770. The lowest BCUT2D eigenvalue weighted by atomic mass is 10.3. The van der Waals surface area contributed by atoms with Gasteiger partial charge in [0.25, 0.3) is 5.56 Å². The van der Waals surface area contributed by atoms with E-state index in [-0.39, 0.29) is 23.3 Å². The number of fused-ring (bicyclic) bond motifs is 1. The largest absolute Gasteiger partial charge is 0.467 e. The highest BCUT2D eigenvalue weighted by Crippen LogP contribution is 2.25. The number of rotatable bonds is 8. The van der Waals surface area contributed by atoms with Gasteiger partial charge in [0.15, 0.2) is 14.8 Å². The lowest BCUT2D eigenvalue weighted by Gasteiger charge is -2.14. The van der Waals surface area contributed by atoms with Crippen LogP contribution in [0.3, 0.4) is 0 Å². The van der Waals surface area contributed by atoms with Crippen molar-refractivity contribution in [3.05, 3.63) is 68.8 Å². The molecule has 3 aromatic heterocycles. The Morgan fingerprint density at radius 2 is 2.06 bits per heavy atom. The van der Waals surface area contributed by atoms with Gasteiger partial charge in [-0.1, -0.05) is 48.2 Å². The summed E-state index contributed by atoms with van der Waals surface area (Å²) in [7, 11) is 0. The Morgan fingerprint density at radius 3 is 2.75 bits per heavy atom. The van der Waals surface area contributed by atoms with Crippen molar-refractivity contribution in [1.82, 2.24) is 19.4 Å². The molecule has 4 rings (SSSR count). The molecule has 0 saturated heterocycles. The smallest absolute Gasteiger partial charge is 0.278 e. The first-order valence-corrected chi connectivity index (χ1v) is 12.3. The van der Waals surface area contributed by atoms with E-state index in [1.165, 1.54) is 23.1 Å². The minimum Gasteiger partial charge on any atom is -0.467 e. The van der Waals surface area contributed by atoms with Crippen molar-refractivity contribution in [2.45, 2.75) is 38.0 Å². The molecule has 0 bridgehead atoms. The molecule has 1 N–H and O–H groups in total. The minimum atomic E-state index is -0.208. The maximum Gasteiger partial charge on any atom is 0.278 e. The van der Waals surface area contributed by atoms with Gasteiger partial charge in [0.05, 0.1) is 24.2 Å². The third-order valence-corrected chi connectivity index (χ3v) is 7.28.